The van der Waals surface area contributed by atoms with Gasteiger partial charge in [0.05, 0.1) is 10.9 Å². The smallest absolute Gasteiger partial charge is 0.422 e. The first-order valence-corrected chi connectivity index (χ1v) is 7.78. The summed E-state index contributed by atoms with van der Waals surface area (Å²) in [6, 6.07) is 3.65. The zero-order valence-electron chi connectivity index (χ0n) is 13.1. The lowest BCUT2D eigenvalue weighted by atomic mass is 9.93. The molecule has 0 radical (unpaired) electrons. The fraction of sp³-hybridized carbons (Fsp3) is 0.412. The average molecular weight is 358 g/mol. The molecule has 3 rings (SSSR count). The fourth-order valence-corrected chi connectivity index (χ4v) is 2.74. The van der Waals surface area contributed by atoms with Gasteiger partial charge >= 0.3 is 6.18 Å². The van der Waals surface area contributed by atoms with Crippen LogP contribution >= 0.6 is 0 Å². The molecule has 0 spiro atoms. The van der Waals surface area contributed by atoms with Crippen molar-refractivity contribution in [3.05, 3.63) is 41.7 Å². The maximum atomic E-state index is 12.9. The number of fused-ring (bicyclic) bond motifs is 1. The van der Waals surface area contributed by atoms with E-state index in [1.807, 2.05) is 12.2 Å². The van der Waals surface area contributed by atoms with E-state index in [-0.39, 0.29) is 22.7 Å². The topological polar surface area (TPSA) is 35.0 Å². The molecule has 0 aliphatic heterocycles. The number of halogens is 5. The van der Waals surface area contributed by atoms with Crippen molar-refractivity contribution in [2.45, 2.75) is 37.8 Å². The molecule has 0 N–H and O–H groups in total. The van der Waals surface area contributed by atoms with E-state index >= 15 is 0 Å². The van der Waals surface area contributed by atoms with Gasteiger partial charge in [0.1, 0.15) is 5.82 Å². The molecule has 1 aromatic heterocycles. The maximum absolute atomic E-state index is 12.9. The van der Waals surface area contributed by atoms with Gasteiger partial charge in [-0.15, -0.1) is 0 Å². The second-order valence-electron chi connectivity index (χ2n) is 5.85. The molecule has 134 valence electrons. The van der Waals surface area contributed by atoms with Crippen molar-refractivity contribution in [2.24, 2.45) is 0 Å². The SMILES string of the molecule is FC(F)c1ccc2nc(C3CC=CCC3)nc(OCC(F)(F)F)c2c1. The average Bonchev–Trinajstić information content (AvgIpc) is 2.59. The van der Waals surface area contributed by atoms with Crippen molar-refractivity contribution in [2.75, 3.05) is 6.61 Å². The van der Waals surface area contributed by atoms with Crippen molar-refractivity contribution >= 4 is 10.9 Å². The van der Waals surface area contributed by atoms with Crippen molar-refractivity contribution in [3.63, 3.8) is 0 Å². The lowest BCUT2D eigenvalue weighted by Gasteiger charge is -2.18. The number of aromatic nitrogens is 2. The van der Waals surface area contributed by atoms with E-state index in [2.05, 4.69) is 9.97 Å². The molecule has 0 saturated heterocycles. The Morgan fingerprint density at radius 2 is 1.96 bits per heavy atom. The standard InChI is InChI=1S/C17H15F5N2O/c18-14(19)11-6-7-13-12(8-11)16(25-9-17(20,21)22)24-15(23-13)10-4-2-1-3-5-10/h1-2,6-8,10,14H,3-5,9H2. The lowest BCUT2D eigenvalue weighted by molar-refractivity contribution is -0.153. The molecule has 25 heavy (non-hydrogen) atoms. The Morgan fingerprint density at radius 3 is 2.60 bits per heavy atom. The van der Waals surface area contributed by atoms with Crippen molar-refractivity contribution in [3.8, 4) is 5.88 Å². The van der Waals surface area contributed by atoms with Crippen molar-refractivity contribution < 1.29 is 26.7 Å². The van der Waals surface area contributed by atoms with Crippen LogP contribution in [0.25, 0.3) is 10.9 Å². The van der Waals surface area contributed by atoms with E-state index < -0.39 is 19.2 Å². The molecular weight excluding hydrogens is 343 g/mol. The van der Waals surface area contributed by atoms with Gasteiger partial charge in [-0.2, -0.15) is 18.2 Å². The van der Waals surface area contributed by atoms with Gasteiger partial charge in [0, 0.05) is 11.5 Å². The summed E-state index contributed by atoms with van der Waals surface area (Å²) >= 11 is 0. The molecule has 3 nitrogen and oxygen atoms in total. The van der Waals surface area contributed by atoms with Gasteiger partial charge in [-0.3, -0.25) is 0 Å². The minimum Gasteiger partial charge on any atom is -0.467 e. The van der Waals surface area contributed by atoms with E-state index in [0.717, 1.165) is 18.9 Å². The van der Waals surface area contributed by atoms with E-state index in [1.165, 1.54) is 12.1 Å². The van der Waals surface area contributed by atoms with Crippen LogP contribution in [0.5, 0.6) is 5.88 Å². The van der Waals surface area contributed by atoms with Gasteiger partial charge in [-0.05, 0) is 31.4 Å². The summed E-state index contributed by atoms with van der Waals surface area (Å²) in [5.74, 6) is 0.0330. The van der Waals surface area contributed by atoms with Crippen LogP contribution in [-0.4, -0.2) is 22.8 Å². The summed E-state index contributed by atoms with van der Waals surface area (Å²) in [5, 5.41) is 0.0529. The molecular formula is C17H15F5N2O. The van der Waals surface area contributed by atoms with Crippen LogP contribution in [0.1, 0.15) is 43.0 Å². The van der Waals surface area contributed by atoms with Gasteiger partial charge in [-0.1, -0.05) is 18.2 Å². The van der Waals surface area contributed by atoms with Crippen LogP contribution in [0.2, 0.25) is 0 Å². The number of nitrogens with zero attached hydrogens (tertiary/aromatic N) is 2. The van der Waals surface area contributed by atoms with Crippen LogP contribution in [0.4, 0.5) is 22.0 Å². The second kappa shape index (κ2) is 6.93. The molecule has 1 atom stereocenters. The summed E-state index contributed by atoms with van der Waals surface area (Å²) in [4.78, 5) is 8.47. The number of benzene rings is 1. The van der Waals surface area contributed by atoms with Crippen LogP contribution in [0.3, 0.4) is 0 Å². The molecule has 0 saturated carbocycles. The van der Waals surface area contributed by atoms with E-state index in [0.29, 0.717) is 17.8 Å². The Hall–Kier alpha value is -2.25. The minimum atomic E-state index is -4.55. The summed E-state index contributed by atoms with van der Waals surface area (Å²) in [5.41, 5.74) is -0.0255. The number of alkyl halides is 5. The van der Waals surface area contributed by atoms with Gasteiger partial charge in [-0.25, -0.2) is 13.8 Å². The van der Waals surface area contributed by atoms with Crippen molar-refractivity contribution in [1.82, 2.24) is 9.97 Å². The largest absolute Gasteiger partial charge is 0.467 e. The molecule has 0 fully saturated rings. The fourth-order valence-electron chi connectivity index (χ4n) is 2.74. The first-order valence-electron chi connectivity index (χ1n) is 7.78. The molecule has 1 heterocycles. The first-order chi connectivity index (χ1) is 11.8. The molecule has 2 aromatic rings. The number of allylic oxidation sites excluding steroid dienone is 2. The highest BCUT2D eigenvalue weighted by atomic mass is 19.4. The van der Waals surface area contributed by atoms with Gasteiger partial charge in [0.25, 0.3) is 6.43 Å². The third-order valence-corrected chi connectivity index (χ3v) is 3.96. The number of rotatable bonds is 4. The summed E-state index contributed by atoms with van der Waals surface area (Å²) in [7, 11) is 0. The summed E-state index contributed by atoms with van der Waals surface area (Å²) in [6.45, 7) is -1.54. The summed E-state index contributed by atoms with van der Waals surface area (Å²) < 4.78 is 68.1. The predicted molar refractivity (Wildman–Crippen MR) is 81.8 cm³/mol. The van der Waals surface area contributed by atoms with Crippen molar-refractivity contribution in [1.29, 1.82) is 0 Å². The highest BCUT2D eigenvalue weighted by molar-refractivity contribution is 5.84. The molecule has 1 aliphatic carbocycles. The molecule has 1 unspecified atom stereocenters. The third kappa shape index (κ3) is 4.24. The Morgan fingerprint density at radius 1 is 1.16 bits per heavy atom. The molecule has 0 bridgehead atoms. The normalized spacial score (nSPS) is 18.1. The maximum Gasteiger partial charge on any atom is 0.422 e. The Kier molecular flexibility index (Phi) is 4.87. The summed E-state index contributed by atoms with van der Waals surface area (Å²) in [6.07, 6.45) is -1.02. The highest BCUT2D eigenvalue weighted by Crippen LogP contribution is 2.33. The van der Waals surface area contributed by atoms with Crippen LogP contribution in [-0.2, 0) is 0 Å². The Balaban J connectivity index is 2.05. The molecule has 0 amide bonds. The third-order valence-electron chi connectivity index (χ3n) is 3.96. The number of hydrogen-bond donors (Lipinski definition) is 0. The van der Waals surface area contributed by atoms with E-state index in [4.69, 9.17) is 4.74 Å². The van der Waals surface area contributed by atoms with Crippen LogP contribution in [0, 0.1) is 0 Å². The van der Waals surface area contributed by atoms with E-state index in [1.54, 1.807) is 0 Å². The van der Waals surface area contributed by atoms with E-state index in [9.17, 15) is 22.0 Å². The number of ether oxygens (including phenoxy) is 1. The molecule has 1 aliphatic rings. The zero-order valence-corrected chi connectivity index (χ0v) is 13.1. The number of hydrogen-bond acceptors (Lipinski definition) is 3. The zero-order chi connectivity index (χ0) is 18.0. The van der Waals surface area contributed by atoms with Crippen LogP contribution in [0.15, 0.2) is 30.4 Å². The minimum absolute atomic E-state index is 0.0302. The lowest BCUT2D eigenvalue weighted by Crippen LogP contribution is -2.20. The predicted octanol–water partition coefficient (Wildman–Crippen LogP) is 5.33. The monoisotopic (exact) mass is 358 g/mol. The quantitative estimate of drug-likeness (QED) is 0.547. The van der Waals surface area contributed by atoms with Gasteiger partial charge in [0.15, 0.2) is 6.61 Å². The first kappa shape index (κ1) is 17.6. The Bertz CT molecular complexity index is 788. The molecule has 8 heteroatoms. The van der Waals surface area contributed by atoms with Gasteiger partial charge < -0.3 is 4.74 Å². The highest BCUT2D eigenvalue weighted by Gasteiger charge is 2.29. The second-order valence-corrected chi connectivity index (χ2v) is 5.85. The van der Waals surface area contributed by atoms with Crippen LogP contribution < -0.4 is 4.74 Å². The Labute approximate surface area is 140 Å². The van der Waals surface area contributed by atoms with Gasteiger partial charge in [0.2, 0.25) is 5.88 Å². The molecule has 1 aromatic carbocycles.